The summed E-state index contributed by atoms with van der Waals surface area (Å²) in [7, 11) is 0. The lowest BCUT2D eigenvalue weighted by Gasteiger charge is -1.99. The molecule has 0 aliphatic carbocycles. The van der Waals surface area contributed by atoms with E-state index in [-0.39, 0.29) is 17.2 Å². The molecule has 3 rings (SSSR count). The van der Waals surface area contributed by atoms with Crippen LogP contribution in [-0.4, -0.2) is 11.9 Å². The number of nitrogens with zero attached hydrogens (tertiary/aromatic N) is 1. The van der Waals surface area contributed by atoms with Crippen molar-refractivity contribution in [2.75, 3.05) is 0 Å². The summed E-state index contributed by atoms with van der Waals surface area (Å²) in [6.45, 7) is 0. The van der Waals surface area contributed by atoms with Crippen molar-refractivity contribution in [1.29, 1.82) is 0 Å². The molecule has 0 unspecified atom stereocenters. The highest BCUT2D eigenvalue weighted by molar-refractivity contribution is 14.1. The maximum Gasteiger partial charge on any atom is 0.363 e. The van der Waals surface area contributed by atoms with Crippen molar-refractivity contribution in [3.63, 3.8) is 0 Å². The van der Waals surface area contributed by atoms with Gasteiger partial charge in [0.15, 0.2) is 5.70 Å². The monoisotopic (exact) mass is 393 g/mol. The molecule has 0 N–H and O–H groups in total. The summed E-state index contributed by atoms with van der Waals surface area (Å²) in [5, 5.41) is 0. The highest BCUT2D eigenvalue weighted by Gasteiger charge is 2.25. The van der Waals surface area contributed by atoms with E-state index >= 15 is 0 Å². The van der Waals surface area contributed by atoms with Gasteiger partial charge in [-0.2, -0.15) is 0 Å². The Morgan fingerprint density at radius 1 is 1.14 bits per heavy atom. The maximum absolute atomic E-state index is 13.7. The van der Waals surface area contributed by atoms with Crippen LogP contribution in [0.2, 0.25) is 0 Å². The fourth-order valence-electron chi connectivity index (χ4n) is 1.91. The molecule has 3 nitrogen and oxygen atoms in total. The molecule has 2 aromatic rings. The SMILES string of the molecule is O=C1OC(c2ccccc2F)=N/C1=C\c1cccc(I)c1. The number of carbonyl (C=O) groups excluding carboxylic acids is 1. The quantitative estimate of drug-likeness (QED) is 0.443. The molecular formula is C16H9FINO2. The number of ether oxygens (including phenoxy) is 1. The van der Waals surface area contributed by atoms with Crippen LogP contribution in [0, 0.1) is 9.39 Å². The average Bonchev–Trinajstić information content (AvgIpc) is 2.80. The zero-order valence-corrected chi connectivity index (χ0v) is 12.9. The largest absolute Gasteiger partial charge is 0.402 e. The van der Waals surface area contributed by atoms with Gasteiger partial charge in [-0.15, -0.1) is 0 Å². The van der Waals surface area contributed by atoms with Crippen molar-refractivity contribution >= 4 is 40.5 Å². The minimum absolute atomic E-state index is 0.00465. The number of carbonyl (C=O) groups is 1. The second kappa shape index (κ2) is 5.77. The first-order chi connectivity index (χ1) is 10.1. The van der Waals surface area contributed by atoms with E-state index < -0.39 is 11.8 Å². The average molecular weight is 393 g/mol. The summed E-state index contributed by atoms with van der Waals surface area (Å²) in [4.78, 5) is 15.9. The highest BCUT2D eigenvalue weighted by Crippen LogP contribution is 2.21. The first-order valence-electron chi connectivity index (χ1n) is 6.16. The fraction of sp³-hybridized carbons (Fsp3) is 0. The molecule has 21 heavy (non-hydrogen) atoms. The van der Waals surface area contributed by atoms with Crippen molar-refractivity contribution in [3.8, 4) is 0 Å². The van der Waals surface area contributed by atoms with E-state index in [0.29, 0.717) is 0 Å². The number of cyclic esters (lactones) is 1. The topological polar surface area (TPSA) is 38.7 Å². The fourth-order valence-corrected chi connectivity index (χ4v) is 2.48. The van der Waals surface area contributed by atoms with Gasteiger partial charge in [0.05, 0.1) is 5.56 Å². The number of aliphatic imine (C=N–C) groups is 1. The van der Waals surface area contributed by atoms with Crippen LogP contribution < -0.4 is 0 Å². The Balaban J connectivity index is 1.98. The number of benzene rings is 2. The molecule has 0 fully saturated rings. The second-order valence-corrected chi connectivity index (χ2v) is 5.62. The summed E-state index contributed by atoms with van der Waals surface area (Å²) in [5.74, 6) is -1.05. The molecule has 5 heteroatoms. The third-order valence-electron chi connectivity index (χ3n) is 2.88. The van der Waals surface area contributed by atoms with Crippen molar-refractivity contribution in [1.82, 2.24) is 0 Å². The van der Waals surface area contributed by atoms with Gasteiger partial charge in [-0.3, -0.25) is 0 Å². The third-order valence-corrected chi connectivity index (χ3v) is 3.55. The Kier molecular flexibility index (Phi) is 3.83. The van der Waals surface area contributed by atoms with Crippen LogP contribution in [0.3, 0.4) is 0 Å². The number of halogens is 2. The molecule has 0 bridgehead atoms. The number of esters is 1. The van der Waals surface area contributed by atoms with Crippen molar-refractivity contribution in [2.45, 2.75) is 0 Å². The number of rotatable bonds is 2. The molecule has 0 aromatic heterocycles. The first-order valence-corrected chi connectivity index (χ1v) is 7.24. The molecule has 1 aliphatic rings. The molecule has 0 atom stereocenters. The molecule has 0 saturated heterocycles. The maximum atomic E-state index is 13.7. The normalized spacial score (nSPS) is 16.0. The van der Waals surface area contributed by atoms with Crippen molar-refractivity contribution < 1.29 is 13.9 Å². The summed E-state index contributed by atoms with van der Waals surface area (Å²) < 4.78 is 19.8. The molecule has 2 aromatic carbocycles. The van der Waals surface area contributed by atoms with E-state index in [0.717, 1.165) is 9.13 Å². The van der Waals surface area contributed by atoms with Gasteiger partial charge in [0, 0.05) is 3.57 Å². The van der Waals surface area contributed by atoms with E-state index in [9.17, 15) is 9.18 Å². The van der Waals surface area contributed by atoms with Gasteiger partial charge in [-0.25, -0.2) is 14.2 Å². The van der Waals surface area contributed by atoms with Gasteiger partial charge in [-0.1, -0.05) is 24.3 Å². The molecule has 0 radical (unpaired) electrons. The first kappa shape index (κ1) is 13.9. The molecule has 0 amide bonds. The number of hydrogen-bond acceptors (Lipinski definition) is 3. The minimum Gasteiger partial charge on any atom is -0.402 e. The lowest BCUT2D eigenvalue weighted by molar-refractivity contribution is -0.129. The predicted octanol–water partition coefficient (Wildman–Crippen LogP) is 3.77. The summed E-state index contributed by atoms with van der Waals surface area (Å²) in [6.07, 6.45) is 1.62. The molecule has 1 heterocycles. The van der Waals surface area contributed by atoms with Gasteiger partial charge < -0.3 is 4.74 Å². The van der Waals surface area contributed by atoms with Crippen LogP contribution in [0.25, 0.3) is 6.08 Å². The summed E-state index contributed by atoms with van der Waals surface area (Å²) in [5.41, 5.74) is 1.18. The van der Waals surface area contributed by atoms with Crippen LogP contribution in [0.1, 0.15) is 11.1 Å². The minimum atomic E-state index is -0.577. The van der Waals surface area contributed by atoms with Gasteiger partial charge >= 0.3 is 5.97 Å². The molecular weight excluding hydrogens is 384 g/mol. The standard InChI is InChI=1S/C16H9FINO2/c17-13-7-2-1-6-12(13)15-19-14(16(20)21-15)9-10-4-3-5-11(18)8-10/h1-9H/b14-9-. The van der Waals surface area contributed by atoms with E-state index in [1.807, 2.05) is 24.3 Å². The lowest BCUT2D eigenvalue weighted by Crippen LogP contribution is -2.07. The Morgan fingerprint density at radius 3 is 2.71 bits per heavy atom. The zero-order chi connectivity index (χ0) is 14.8. The van der Waals surface area contributed by atoms with Crippen molar-refractivity contribution in [2.24, 2.45) is 4.99 Å². The van der Waals surface area contributed by atoms with Crippen molar-refractivity contribution in [3.05, 3.63) is 74.7 Å². The second-order valence-electron chi connectivity index (χ2n) is 4.37. The van der Waals surface area contributed by atoms with Crippen LogP contribution in [0.15, 0.2) is 59.2 Å². The molecule has 0 saturated carbocycles. The van der Waals surface area contributed by atoms with E-state index in [4.69, 9.17) is 4.74 Å². The zero-order valence-electron chi connectivity index (χ0n) is 10.7. The van der Waals surface area contributed by atoms with Crippen LogP contribution in [0.4, 0.5) is 4.39 Å². The van der Waals surface area contributed by atoms with Gasteiger partial charge in [-0.05, 0) is 58.5 Å². The summed E-state index contributed by atoms with van der Waals surface area (Å²) in [6, 6.07) is 13.7. The van der Waals surface area contributed by atoms with Gasteiger partial charge in [0.1, 0.15) is 5.82 Å². The van der Waals surface area contributed by atoms with Gasteiger partial charge in [0.25, 0.3) is 0 Å². The Labute approximate surface area is 134 Å². The van der Waals surface area contributed by atoms with E-state index in [1.165, 1.54) is 12.1 Å². The molecule has 1 aliphatic heterocycles. The van der Waals surface area contributed by atoms with E-state index in [1.54, 1.807) is 18.2 Å². The highest BCUT2D eigenvalue weighted by atomic mass is 127. The third kappa shape index (κ3) is 3.02. The lowest BCUT2D eigenvalue weighted by atomic mass is 10.2. The Hall–Kier alpha value is -2.02. The Bertz CT molecular complexity index is 783. The molecule has 0 spiro atoms. The number of hydrogen-bond donors (Lipinski definition) is 0. The van der Waals surface area contributed by atoms with Crippen LogP contribution in [0.5, 0.6) is 0 Å². The predicted molar refractivity (Wildman–Crippen MR) is 86.2 cm³/mol. The van der Waals surface area contributed by atoms with Crippen LogP contribution in [-0.2, 0) is 9.53 Å². The van der Waals surface area contributed by atoms with E-state index in [2.05, 4.69) is 27.6 Å². The van der Waals surface area contributed by atoms with Crippen LogP contribution >= 0.6 is 22.6 Å². The molecule has 104 valence electrons. The smallest absolute Gasteiger partial charge is 0.363 e. The van der Waals surface area contributed by atoms with Gasteiger partial charge in [0.2, 0.25) is 5.90 Å². The summed E-state index contributed by atoms with van der Waals surface area (Å²) >= 11 is 2.18. The Morgan fingerprint density at radius 2 is 1.95 bits per heavy atom.